The van der Waals surface area contributed by atoms with E-state index in [1.54, 1.807) is 19.1 Å². The number of aromatic hydroxyl groups is 1. The summed E-state index contributed by atoms with van der Waals surface area (Å²) >= 11 is 0. The molecule has 5 heteroatoms. The van der Waals surface area contributed by atoms with Crippen molar-refractivity contribution in [1.29, 1.82) is 0 Å². The molecule has 0 aliphatic heterocycles. The standard InChI is InChI=1S/C21H27NO4/c1-16(23)14-26-15-19(13-18-7-10-20(24)11-8-18)22-21(25)12-9-17-5-3-2-4-6-17/h2-8,10-11,16,19,23-24H,9,12-15H2,1H3,(H,22,25)/t16-,19?/m0/s1. The van der Waals surface area contributed by atoms with E-state index in [2.05, 4.69) is 5.32 Å². The van der Waals surface area contributed by atoms with E-state index < -0.39 is 6.10 Å². The van der Waals surface area contributed by atoms with Gasteiger partial charge >= 0.3 is 0 Å². The number of carbonyl (C=O) groups is 1. The van der Waals surface area contributed by atoms with Crippen LogP contribution in [0.15, 0.2) is 54.6 Å². The number of carbonyl (C=O) groups excluding carboxylic acids is 1. The molecule has 0 bridgehead atoms. The van der Waals surface area contributed by atoms with E-state index >= 15 is 0 Å². The molecule has 140 valence electrons. The molecule has 1 unspecified atom stereocenters. The van der Waals surface area contributed by atoms with Gasteiger partial charge in [-0.2, -0.15) is 0 Å². The van der Waals surface area contributed by atoms with Crippen molar-refractivity contribution in [1.82, 2.24) is 5.32 Å². The largest absolute Gasteiger partial charge is 0.508 e. The third kappa shape index (κ3) is 7.68. The van der Waals surface area contributed by atoms with Gasteiger partial charge in [0, 0.05) is 6.42 Å². The van der Waals surface area contributed by atoms with Crippen molar-refractivity contribution in [2.45, 2.75) is 38.3 Å². The van der Waals surface area contributed by atoms with Gasteiger partial charge in [-0.25, -0.2) is 0 Å². The molecule has 0 aromatic heterocycles. The predicted octanol–water partition coefficient (Wildman–Crippen LogP) is 2.45. The maximum atomic E-state index is 12.3. The van der Waals surface area contributed by atoms with Crippen LogP contribution in [0.2, 0.25) is 0 Å². The maximum absolute atomic E-state index is 12.3. The highest BCUT2D eigenvalue weighted by atomic mass is 16.5. The lowest BCUT2D eigenvalue weighted by molar-refractivity contribution is -0.122. The fourth-order valence-corrected chi connectivity index (χ4v) is 2.65. The van der Waals surface area contributed by atoms with Crippen molar-refractivity contribution in [3.63, 3.8) is 0 Å². The normalized spacial score (nSPS) is 13.2. The van der Waals surface area contributed by atoms with Gasteiger partial charge in [0.05, 0.1) is 25.4 Å². The van der Waals surface area contributed by atoms with E-state index in [0.717, 1.165) is 11.1 Å². The van der Waals surface area contributed by atoms with E-state index in [1.807, 2.05) is 42.5 Å². The molecule has 1 amide bonds. The summed E-state index contributed by atoms with van der Waals surface area (Å²) < 4.78 is 5.50. The van der Waals surface area contributed by atoms with Gasteiger partial charge < -0.3 is 20.3 Å². The molecule has 3 N–H and O–H groups in total. The van der Waals surface area contributed by atoms with Crippen LogP contribution in [-0.4, -0.2) is 41.5 Å². The van der Waals surface area contributed by atoms with Crippen molar-refractivity contribution >= 4 is 5.91 Å². The Morgan fingerprint density at radius 3 is 2.38 bits per heavy atom. The average Bonchev–Trinajstić information content (AvgIpc) is 2.62. The molecule has 2 aromatic carbocycles. The lowest BCUT2D eigenvalue weighted by atomic mass is 10.1. The molecule has 2 rings (SSSR count). The topological polar surface area (TPSA) is 78.8 Å². The fourth-order valence-electron chi connectivity index (χ4n) is 2.65. The molecule has 26 heavy (non-hydrogen) atoms. The third-order valence-electron chi connectivity index (χ3n) is 3.95. The number of ether oxygens (including phenoxy) is 1. The van der Waals surface area contributed by atoms with Gasteiger partial charge in [-0.05, 0) is 43.0 Å². The molecule has 2 aromatic rings. The Labute approximate surface area is 154 Å². The minimum absolute atomic E-state index is 0.0294. The van der Waals surface area contributed by atoms with Crippen LogP contribution in [0, 0.1) is 0 Å². The molecule has 2 atom stereocenters. The van der Waals surface area contributed by atoms with Gasteiger partial charge in [0.15, 0.2) is 0 Å². The maximum Gasteiger partial charge on any atom is 0.220 e. The fraction of sp³-hybridized carbons (Fsp3) is 0.381. The molecule has 0 radical (unpaired) electrons. The van der Waals surface area contributed by atoms with Crippen LogP contribution < -0.4 is 5.32 Å². The van der Waals surface area contributed by atoms with Crippen molar-refractivity contribution < 1.29 is 19.7 Å². The zero-order valence-corrected chi connectivity index (χ0v) is 15.1. The van der Waals surface area contributed by atoms with Gasteiger partial charge in [0.1, 0.15) is 5.75 Å². The minimum atomic E-state index is -0.543. The highest BCUT2D eigenvalue weighted by Gasteiger charge is 2.14. The quantitative estimate of drug-likeness (QED) is 0.610. The van der Waals surface area contributed by atoms with E-state index in [4.69, 9.17) is 4.74 Å². The van der Waals surface area contributed by atoms with E-state index in [9.17, 15) is 15.0 Å². The Balaban J connectivity index is 1.88. The third-order valence-corrected chi connectivity index (χ3v) is 3.95. The molecule has 0 aliphatic carbocycles. The molecule has 0 saturated heterocycles. The molecular weight excluding hydrogens is 330 g/mol. The highest BCUT2D eigenvalue weighted by Crippen LogP contribution is 2.12. The summed E-state index contributed by atoms with van der Waals surface area (Å²) in [5.41, 5.74) is 2.12. The highest BCUT2D eigenvalue weighted by molar-refractivity contribution is 5.76. The number of benzene rings is 2. The molecule has 0 saturated carbocycles. The van der Waals surface area contributed by atoms with Crippen molar-refractivity contribution in [2.75, 3.05) is 13.2 Å². The second kappa shape index (κ2) is 10.6. The van der Waals surface area contributed by atoms with Gasteiger partial charge in [0.2, 0.25) is 5.91 Å². The number of amides is 1. The minimum Gasteiger partial charge on any atom is -0.508 e. The number of aliphatic hydroxyl groups excluding tert-OH is 1. The lowest BCUT2D eigenvalue weighted by Crippen LogP contribution is -2.40. The molecular formula is C21H27NO4. The molecule has 0 spiro atoms. The van der Waals surface area contributed by atoms with Crippen LogP contribution >= 0.6 is 0 Å². The number of phenolic OH excluding ortho intramolecular Hbond substituents is 1. The lowest BCUT2D eigenvalue weighted by Gasteiger charge is -2.20. The number of phenols is 1. The summed E-state index contributed by atoms with van der Waals surface area (Å²) in [5, 5.41) is 21.7. The Kier molecular flexibility index (Phi) is 8.12. The predicted molar refractivity (Wildman–Crippen MR) is 101 cm³/mol. The molecule has 0 fully saturated rings. The zero-order chi connectivity index (χ0) is 18.8. The number of hydrogen-bond donors (Lipinski definition) is 3. The average molecular weight is 357 g/mol. The van der Waals surface area contributed by atoms with E-state index in [0.29, 0.717) is 25.9 Å². The van der Waals surface area contributed by atoms with Crippen molar-refractivity contribution in [3.05, 3.63) is 65.7 Å². The zero-order valence-electron chi connectivity index (χ0n) is 15.1. The van der Waals surface area contributed by atoms with Crippen molar-refractivity contribution in [2.24, 2.45) is 0 Å². The summed E-state index contributed by atoms with van der Waals surface area (Å²) in [4.78, 5) is 12.3. The van der Waals surface area contributed by atoms with Crippen LogP contribution in [0.3, 0.4) is 0 Å². The number of nitrogens with one attached hydrogen (secondary N) is 1. The second-order valence-corrected chi connectivity index (χ2v) is 6.51. The Morgan fingerprint density at radius 1 is 1.04 bits per heavy atom. The van der Waals surface area contributed by atoms with E-state index in [1.165, 1.54) is 0 Å². The first kappa shape index (κ1) is 19.9. The second-order valence-electron chi connectivity index (χ2n) is 6.51. The summed E-state index contributed by atoms with van der Waals surface area (Å²) in [6.45, 7) is 2.21. The van der Waals surface area contributed by atoms with Crippen LogP contribution in [0.5, 0.6) is 5.75 Å². The molecule has 0 aliphatic rings. The summed E-state index contributed by atoms with van der Waals surface area (Å²) in [6, 6.07) is 16.6. The molecule has 0 heterocycles. The Bertz CT molecular complexity index is 655. The Hall–Kier alpha value is -2.37. The Morgan fingerprint density at radius 2 is 1.73 bits per heavy atom. The van der Waals surface area contributed by atoms with Crippen LogP contribution in [0.4, 0.5) is 0 Å². The van der Waals surface area contributed by atoms with Gasteiger partial charge in [-0.15, -0.1) is 0 Å². The first-order valence-electron chi connectivity index (χ1n) is 8.90. The SMILES string of the molecule is C[C@H](O)COCC(Cc1ccc(O)cc1)NC(=O)CCc1ccccc1. The van der Waals surface area contributed by atoms with Gasteiger partial charge in [-0.1, -0.05) is 42.5 Å². The first-order chi connectivity index (χ1) is 12.5. The first-order valence-corrected chi connectivity index (χ1v) is 8.90. The van der Waals surface area contributed by atoms with E-state index in [-0.39, 0.29) is 24.3 Å². The van der Waals surface area contributed by atoms with Crippen LogP contribution in [0.1, 0.15) is 24.5 Å². The monoisotopic (exact) mass is 357 g/mol. The number of hydrogen-bond acceptors (Lipinski definition) is 4. The smallest absolute Gasteiger partial charge is 0.220 e. The number of rotatable bonds is 10. The summed E-state index contributed by atoms with van der Waals surface area (Å²) in [6.07, 6.45) is 1.15. The summed E-state index contributed by atoms with van der Waals surface area (Å²) in [5.74, 6) is 0.181. The van der Waals surface area contributed by atoms with Crippen molar-refractivity contribution in [3.8, 4) is 5.75 Å². The van der Waals surface area contributed by atoms with Gasteiger partial charge in [0.25, 0.3) is 0 Å². The number of aliphatic hydroxyl groups is 1. The molecule has 5 nitrogen and oxygen atoms in total. The van der Waals surface area contributed by atoms with Crippen LogP contribution in [0.25, 0.3) is 0 Å². The number of aryl methyl sites for hydroxylation is 1. The van der Waals surface area contributed by atoms with Crippen LogP contribution in [-0.2, 0) is 22.4 Å². The van der Waals surface area contributed by atoms with Gasteiger partial charge in [-0.3, -0.25) is 4.79 Å². The summed E-state index contributed by atoms with van der Waals surface area (Å²) in [7, 11) is 0.